The first-order chi connectivity index (χ1) is 8.19. The Hall–Kier alpha value is -1.42. The van der Waals surface area contributed by atoms with Gasteiger partial charge < -0.3 is 5.73 Å². The van der Waals surface area contributed by atoms with E-state index in [1.54, 1.807) is 11.8 Å². The summed E-state index contributed by atoms with van der Waals surface area (Å²) in [7, 11) is 0. The molecule has 0 bridgehead atoms. The lowest BCUT2D eigenvalue weighted by molar-refractivity contribution is 0.675. The van der Waals surface area contributed by atoms with Gasteiger partial charge in [0.15, 0.2) is 0 Å². The van der Waals surface area contributed by atoms with Crippen molar-refractivity contribution >= 4 is 17.6 Å². The zero-order valence-corrected chi connectivity index (χ0v) is 11.0. The van der Waals surface area contributed by atoms with Crippen LogP contribution in [0, 0.1) is 6.92 Å². The zero-order valence-electron chi connectivity index (χ0n) is 10.2. The number of hydrogen-bond acceptors (Lipinski definition) is 3. The average Bonchev–Trinajstić information content (AvgIpc) is 2.63. The summed E-state index contributed by atoms with van der Waals surface area (Å²) in [6.07, 6.45) is 0. The van der Waals surface area contributed by atoms with Gasteiger partial charge in [-0.05, 0) is 18.2 Å². The summed E-state index contributed by atoms with van der Waals surface area (Å²) in [6, 6.07) is 10.4. The topological polar surface area (TPSA) is 43.8 Å². The van der Waals surface area contributed by atoms with Crippen LogP contribution in [0.25, 0.3) is 0 Å². The van der Waals surface area contributed by atoms with E-state index >= 15 is 0 Å². The molecule has 90 valence electrons. The van der Waals surface area contributed by atoms with Crippen LogP contribution < -0.4 is 5.73 Å². The molecule has 1 aromatic carbocycles. The van der Waals surface area contributed by atoms with Crippen LogP contribution in [0.2, 0.25) is 0 Å². The Labute approximate surface area is 106 Å². The molecule has 0 saturated heterocycles. The minimum atomic E-state index is 0.724. The number of hydrogen-bond donors (Lipinski definition) is 1. The monoisotopic (exact) mass is 247 g/mol. The molecular weight excluding hydrogens is 230 g/mol. The van der Waals surface area contributed by atoms with E-state index in [1.807, 2.05) is 10.7 Å². The number of rotatable bonds is 4. The lowest BCUT2D eigenvalue weighted by Gasteiger charge is -2.04. The molecule has 1 aromatic heterocycles. The second kappa shape index (κ2) is 5.27. The van der Waals surface area contributed by atoms with Crippen LogP contribution in [0.5, 0.6) is 0 Å². The first kappa shape index (κ1) is 12.0. The number of aryl methyl sites for hydroxylation is 1. The quantitative estimate of drug-likeness (QED) is 0.845. The van der Waals surface area contributed by atoms with E-state index in [9.17, 15) is 0 Å². The van der Waals surface area contributed by atoms with E-state index < -0.39 is 0 Å². The van der Waals surface area contributed by atoms with E-state index in [0.717, 1.165) is 23.1 Å². The lowest BCUT2D eigenvalue weighted by atomic mass is 10.1. The number of nitrogen functional groups attached to an aromatic ring is 1. The molecule has 0 spiro atoms. The van der Waals surface area contributed by atoms with Gasteiger partial charge in [-0.15, -0.1) is 11.8 Å². The van der Waals surface area contributed by atoms with E-state index in [4.69, 9.17) is 5.73 Å². The van der Waals surface area contributed by atoms with Gasteiger partial charge in [0.05, 0.1) is 6.54 Å². The second-order valence-electron chi connectivity index (χ2n) is 3.98. The predicted molar refractivity (Wildman–Crippen MR) is 73.3 cm³/mol. The predicted octanol–water partition coefficient (Wildman–Crippen LogP) is 2.93. The lowest BCUT2D eigenvalue weighted by Crippen LogP contribution is -2.05. The van der Waals surface area contributed by atoms with Gasteiger partial charge in [0.2, 0.25) is 0 Å². The molecule has 0 aliphatic heterocycles. The SMILES string of the molecule is CCSc1cc(N)n(Cc2ccc(C)cc2)n1. The number of benzene rings is 1. The molecule has 4 heteroatoms. The van der Waals surface area contributed by atoms with Crippen LogP contribution in [-0.4, -0.2) is 15.5 Å². The summed E-state index contributed by atoms with van der Waals surface area (Å²) in [5.41, 5.74) is 8.43. The number of anilines is 1. The van der Waals surface area contributed by atoms with Crippen molar-refractivity contribution in [1.82, 2.24) is 9.78 Å². The van der Waals surface area contributed by atoms with Gasteiger partial charge in [0.1, 0.15) is 10.8 Å². The molecule has 2 rings (SSSR count). The van der Waals surface area contributed by atoms with Gasteiger partial charge in [-0.3, -0.25) is 0 Å². The normalized spacial score (nSPS) is 10.7. The van der Waals surface area contributed by atoms with Crippen LogP contribution in [0.1, 0.15) is 18.1 Å². The smallest absolute Gasteiger partial charge is 0.123 e. The molecule has 3 nitrogen and oxygen atoms in total. The highest BCUT2D eigenvalue weighted by atomic mass is 32.2. The maximum absolute atomic E-state index is 5.94. The minimum absolute atomic E-state index is 0.724. The van der Waals surface area contributed by atoms with Crippen LogP contribution in [0.4, 0.5) is 5.82 Å². The maximum Gasteiger partial charge on any atom is 0.123 e. The largest absolute Gasteiger partial charge is 0.384 e. The highest BCUT2D eigenvalue weighted by molar-refractivity contribution is 7.99. The maximum atomic E-state index is 5.94. The van der Waals surface area contributed by atoms with Crippen molar-refractivity contribution in [3.63, 3.8) is 0 Å². The fourth-order valence-electron chi connectivity index (χ4n) is 1.62. The van der Waals surface area contributed by atoms with E-state index in [-0.39, 0.29) is 0 Å². The van der Waals surface area contributed by atoms with Gasteiger partial charge in [0, 0.05) is 6.07 Å². The zero-order chi connectivity index (χ0) is 12.3. The summed E-state index contributed by atoms with van der Waals surface area (Å²) in [5.74, 6) is 1.74. The van der Waals surface area contributed by atoms with Gasteiger partial charge >= 0.3 is 0 Å². The number of thioether (sulfide) groups is 1. The first-order valence-corrected chi connectivity index (χ1v) is 6.69. The van der Waals surface area contributed by atoms with Crippen molar-refractivity contribution in [3.05, 3.63) is 41.5 Å². The molecule has 0 amide bonds. The van der Waals surface area contributed by atoms with Crippen LogP contribution >= 0.6 is 11.8 Å². The number of nitrogens with zero attached hydrogens (tertiary/aromatic N) is 2. The Balaban J connectivity index is 2.15. The molecule has 0 saturated carbocycles. The van der Waals surface area contributed by atoms with Crippen LogP contribution in [0.15, 0.2) is 35.4 Å². The molecule has 0 aliphatic rings. The molecule has 0 unspecified atom stereocenters. The van der Waals surface area contributed by atoms with Crippen molar-refractivity contribution < 1.29 is 0 Å². The number of aromatic nitrogens is 2. The van der Waals surface area contributed by atoms with Gasteiger partial charge in [-0.1, -0.05) is 36.8 Å². The number of nitrogens with two attached hydrogens (primary N) is 1. The van der Waals surface area contributed by atoms with Crippen molar-refractivity contribution in [3.8, 4) is 0 Å². The third-order valence-corrected chi connectivity index (χ3v) is 3.32. The first-order valence-electron chi connectivity index (χ1n) is 5.70. The van der Waals surface area contributed by atoms with Crippen molar-refractivity contribution in [1.29, 1.82) is 0 Å². The molecule has 0 fully saturated rings. The minimum Gasteiger partial charge on any atom is -0.384 e. The van der Waals surface area contributed by atoms with Crippen molar-refractivity contribution in [2.24, 2.45) is 0 Å². The summed E-state index contributed by atoms with van der Waals surface area (Å²) >= 11 is 1.71. The molecule has 0 aliphatic carbocycles. The molecule has 17 heavy (non-hydrogen) atoms. The molecule has 2 N–H and O–H groups in total. The second-order valence-corrected chi connectivity index (χ2v) is 5.27. The van der Waals surface area contributed by atoms with Crippen LogP contribution in [-0.2, 0) is 6.54 Å². The molecule has 1 heterocycles. The van der Waals surface area contributed by atoms with Gasteiger partial charge in [0.25, 0.3) is 0 Å². The summed E-state index contributed by atoms with van der Waals surface area (Å²) < 4.78 is 1.85. The molecule has 2 aromatic rings. The summed E-state index contributed by atoms with van der Waals surface area (Å²) in [5, 5.41) is 5.47. The Morgan fingerprint density at radius 2 is 2.00 bits per heavy atom. The third-order valence-electron chi connectivity index (χ3n) is 2.53. The molecule has 0 radical (unpaired) electrons. The van der Waals surface area contributed by atoms with Crippen LogP contribution in [0.3, 0.4) is 0 Å². The van der Waals surface area contributed by atoms with Gasteiger partial charge in [-0.2, -0.15) is 5.10 Å². The molecule has 0 atom stereocenters. The van der Waals surface area contributed by atoms with E-state index in [0.29, 0.717) is 0 Å². The standard InChI is InChI=1S/C13H17N3S/c1-3-17-13-8-12(14)16(15-13)9-11-6-4-10(2)5-7-11/h4-8H,3,9,14H2,1-2H3. The summed E-state index contributed by atoms with van der Waals surface area (Å²) in [6.45, 7) is 4.93. The fraction of sp³-hybridized carbons (Fsp3) is 0.308. The Bertz CT molecular complexity index is 488. The van der Waals surface area contributed by atoms with Crippen molar-refractivity contribution in [2.75, 3.05) is 11.5 Å². The Morgan fingerprint density at radius 3 is 2.65 bits per heavy atom. The van der Waals surface area contributed by atoms with E-state index in [2.05, 4.69) is 43.2 Å². The van der Waals surface area contributed by atoms with Crippen molar-refractivity contribution in [2.45, 2.75) is 25.4 Å². The Morgan fingerprint density at radius 1 is 1.29 bits per heavy atom. The van der Waals surface area contributed by atoms with Gasteiger partial charge in [-0.25, -0.2) is 4.68 Å². The Kier molecular flexibility index (Phi) is 3.74. The summed E-state index contributed by atoms with van der Waals surface area (Å²) in [4.78, 5) is 0. The highest BCUT2D eigenvalue weighted by Crippen LogP contribution is 2.19. The third kappa shape index (κ3) is 3.03. The fourth-order valence-corrected chi connectivity index (χ4v) is 2.27. The average molecular weight is 247 g/mol. The highest BCUT2D eigenvalue weighted by Gasteiger charge is 2.05. The van der Waals surface area contributed by atoms with E-state index in [1.165, 1.54) is 11.1 Å². The molecular formula is C13H17N3S.